The minimum absolute atomic E-state index is 0.0649. The molecule has 0 radical (unpaired) electrons. The van der Waals surface area contributed by atoms with Crippen LogP contribution in [-0.4, -0.2) is 31.5 Å². The molecule has 2 rings (SSSR count). The molecule has 0 spiro atoms. The third-order valence-corrected chi connectivity index (χ3v) is 4.37. The SMILES string of the molecule is CCC1(c2cccc(OC)c2)CCCC(=O)N(C)C1. The molecule has 1 saturated heterocycles. The summed E-state index contributed by atoms with van der Waals surface area (Å²) < 4.78 is 5.33. The first-order chi connectivity index (χ1) is 9.11. The number of hydrogen-bond acceptors (Lipinski definition) is 2. The summed E-state index contributed by atoms with van der Waals surface area (Å²) in [7, 11) is 3.61. The Labute approximate surface area is 115 Å². The molecular formula is C16H23NO2. The zero-order chi connectivity index (χ0) is 13.9. The Balaban J connectivity index is 2.37. The molecule has 1 unspecified atom stereocenters. The summed E-state index contributed by atoms with van der Waals surface area (Å²) in [4.78, 5) is 13.8. The summed E-state index contributed by atoms with van der Waals surface area (Å²) in [6, 6.07) is 8.29. The molecule has 0 aliphatic carbocycles. The van der Waals surface area contributed by atoms with Crippen molar-refractivity contribution in [2.45, 2.75) is 38.0 Å². The van der Waals surface area contributed by atoms with E-state index in [-0.39, 0.29) is 11.3 Å². The summed E-state index contributed by atoms with van der Waals surface area (Å²) in [5.41, 5.74) is 1.35. The lowest BCUT2D eigenvalue weighted by Crippen LogP contribution is -2.39. The van der Waals surface area contributed by atoms with E-state index in [0.717, 1.165) is 31.6 Å². The molecule has 104 valence electrons. The topological polar surface area (TPSA) is 29.5 Å². The molecule has 1 atom stereocenters. The number of benzene rings is 1. The van der Waals surface area contributed by atoms with Gasteiger partial charge in [-0.1, -0.05) is 19.1 Å². The molecule has 1 heterocycles. The summed E-state index contributed by atoms with van der Waals surface area (Å²) in [6.07, 6.45) is 3.74. The molecule has 1 aromatic rings. The van der Waals surface area contributed by atoms with Crippen LogP contribution in [0.5, 0.6) is 5.75 Å². The Morgan fingerprint density at radius 1 is 1.42 bits per heavy atom. The molecule has 0 bridgehead atoms. The van der Waals surface area contributed by atoms with E-state index < -0.39 is 0 Å². The van der Waals surface area contributed by atoms with Crippen molar-refractivity contribution in [1.29, 1.82) is 0 Å². The second-order valence-electron chi connectivity index (χ2n) is 5.47. The van der Waals surface area contributed by atoms with Crippen LogP contribution in [0.4, 0.5) is 0 Å². The molecule has 0 N–H and O–H groups in total. The smallest absolute Gasteiger partial charge is 0.222 e. The van der Waals surface area contributed by atoms with E-state index in [4.69, 9.17) is 4.74 Å². The third-order valence-electron chi connectivity index (χ3n) is 4.37. The molecule has 1 fully saturated rings. The second-order valence-corrected chi connectivity index (χ2v) is 5.47. The number of methoxy groups -OCH3 is 1. The molecule has 1 aliphatic heterocycles. The van der Waals surface area contributed by atoms with Gasteiger partial charge in [0.15, 0.2) is 0 Å². The Morgan fingerprint density at radius 2 is 2.21 bits per heavy atom. The lowest BCUT2D eigenvalue weighted by atomic mass is 9.74. The number of carbonyl (C=O) groups excluding carboxylic acids is 1. The van der Waals surface area contributed by atoms with E-state index in [0.29, 0.717) is 6.42 Å². The number of carbonyl (C=O) groups is 1. The standard InChI is InChI=1S/C16H23NO2/c1-4-16(10-6-9-15(18)17(2)12-16)13-7-5-8-14(11-13)19-3/h5,7-8,11H,4,6,9-10,12H2,1-3H3. The van der Waals surface area contributed by atoms with Crippen LogP contribution in [0.2, 0.25) is 0 Å². The summed E-state index contributed by atoms with van der Waals surface area (Å²) in [6.45, 7) is 3.01. The van der Waals surface area contributed by atoms with Crippen molar-refractivity contribution in [2.24, 2.45) is 0 Å². The van der Waals surface area contributed by atoms with E-state index >= 15 is 0 Å². The van der Waals surface area contributed by atoms with Crippen molar-refractivity contribution in [1.82, 2.24) is 4.90 Å². The first kappa shape index (κ1) is 13.9. The predicted octanol–water partition coefficient (Wildman–Crippen LogP) is 2.99. The minimum atomic E-state index is 0.0649. The van der Waals surface area contributed by atoms with Crippen LogP contribution in [0.15, 0.2) is 24.3 Å². The lowest BCUT2D eigenvalue weighted by molar-refractivity contribution is -0.129. The number of ether oxygens (including phenoxy) is 1. The first-order valence-electron chi connectivity index (χ1n) is 7.00. The van der Waals surface area contributed by atoms with Gasteiger partial charge in [0.2, 0.25) is 5.91 Å². The minimum Gasteiger partial charge on any atom is -0.497 e. The summed E-state index contributed by atoms with van der Waals surface area (Å²) in [5, 5.41) is 0. The normalized spacial score (nSPS) is 24.2. The van der Waals surface area contributed by atoms with Gasteiger partial charge in [0.1, 0.15) is 5.75 Å². The second kappa shape index (κ2) is 5.64. The van der Waals surface area contributed by atoms with E-state index in [1.807, 2.05) is 24.1 Å². The largest absolute Gasteiger partial charge is 0.497 e. The number of likely N-dealkylation sites (N-methyl/N-ethyl adjacent to an activating group) is 1. The van der Waals surface area contributed by atoms with Crippen LogP contribution >= 0.6 is 0 Å². The van der Waals surface area contributed by atoms with Gasteiger partial charge in [-0.25, -0.2) is 0 Å². The van der Waals surface area contributed by atoms with E-state index in [1.165, 1.54) is 5.56 Å². The predicted molar refractivity (Wildman–Crippen MR) is 76.5 cm³/mol. The van der Waals surface area contributed by atoms with Crippen LogP contribution in [0.1, 0.15) is 38.2 Å². The molecule has 0 saturated carbocycles. The number of nitrogens with zero attached hydrogens (tertiary/aromatic N) is 1. The molecule has 1 aliphatic rings. The first-order valence-corrected chi connectivity index (χ1v) is 7.00. The molecular weight excluding hydrogens is 238 g/mol. The van der Waals surface area contributed by atoms with Gasteiger partial charge in [-0.2, -0.15) is 0 Å². The number of amides is 1. The van der Waals surface area contributed by atoms with Crippen LogP contribution in [0, 0.1) is 0 Å². The summed E-state index contributed by atoms with van der Waals surface area (Å²) in [5.74, 6) is 1.15. The number of hydrogen-bond donors (Lipinski definition) is 0. The highest BCUT2D eigenvalue weighted by Crippen LogP contribution is 2.37. The van der Waals surface area contributed by atoms with Gasteiger partial charge in [-0.05, 0) is 37.0 Å². The van der Waals surface area contributed by atoms with E-state index in [9.17, 15) is 4.79 Å². The van der Waals surface area contributed by atoms with Gasteiger partial charge in [-0.3, -0.25) is 4.79 Å². The molecule has 19 heavy (non-hydrogen) atoms. The van der Waals surface area contributed by atoms with Crippen molar-refractivity contribution < 1.29 is 9.53 Å². The van der Waals surface area contributed by atoms with Crippen molar-refractivity contribution in [3.8, 4) is 5.75 Å². The third kappa shape index (κ3) is 2.75. The zero-order valence-corrected chi connectivity index (χ0v) is 12.1. The van der Waals surface area contributed by atoms with Crippen molar-refractivity contribution in [2.75, 3.05) is 20.7 Å². The van der Waals surface area contributed by atoms with Crippen LogP contribution < -0.4 is 4.74 Å². The summed E-state index contributed by atoms with van der Waals surface area (Å²) >= 11 is 0. The molecule has 3 nitrogen and oxygen atoms in total. The van der Waals surface area contributed by atoms with Gasteiger partial charge in [0, 0.05) is 25.4 Å². The average molecular weight is 261 g/mol. The molecule has 0 aromatic heterocycles. The van der Waals surface area contributed by atoms with Crippen LogP contribution in [0.3, 0.4) is 0 Å². The average Bonchev–Trinajstić information content (AvgIpc) is 2.59. The van der Waals surface area contributed by atoms with Gasteiger partial charge in [-0.15, -0.1) is 0 Å². The quantitative estimate of drug-likeness (QED) is 0.837. The van der Waals surface area contributed by atoms with E-state index in [1.54, 1.807) is 7.11 Å². The maximum atomic E-state index is 11.9. The molecule has 3 heteroatoms. The van der Waals surface area contributed by atoms with Crippen LogP contribution in [0.25, 0.3) is 0 Å². The van der Waals surface area contributed by atoms with Crippen LogP contribution in [-0.2, 0) is 10.2 Å². The number of rotatable bonds is 3. The zero-order valence-electron chi connectivity index (χ0n) is 12.1. The Hall–Kier alpha value is -1.51. The van der Waals surface area contributed by atoms with Gasteiger partial charge < -0.3 is 9.64 Å². The number of likely N-dealkylation sites (tertiary alicyclic amines) is 1. The lowest BCUT2D eigenvalue weighted by Gasteiger charge is -2.35. The molecule has 1 amide bonds. The van der Waals surface area contributed by atoms with Gasteiger partial charge >= 0.3 is 0 Å². The van der Waals surface area contributed by atoms with Crippen molar-refractivity contribution in [3.63, 3.8) is 0 Å². The van der Waals surface area contributed by atoms with Gasteiger partial charge in [0.05, 0.1) is 7.11 Å². The van der Waals surface area contributed by atoms with Gasteiger partial charge in [0.25, 0.3) is 0 Å². The Morgan fingerprint density at radius 3 is 2.89 bits per heavy atom. The Bertz CT molecular complexity index is 458. The maximum Gasteiger partial charge on any atom is 0.222 e. The maximum absolute atomic E-state index is 11.9. The Kier molecular flexibility index (Phi) is 4.13. The van der Waals surface area contributed by atoms with Crippen molar-refractivity contribution >= 4 is 5.91 Å². The van der Waals surface area contributed by atoms with Crippen molar-refractivity contribution in [3.05, 3.63) is 29.8 Å². The highest BCUT2D eigenvalue weighted by atomic mass is 16.5. The van der Waals surface area contributed by atoms with E-state index in [2.05, 4.69) is 19.1 Å². The fraction of sp³-hybridized carbons (Fsp3) is 0.562. The highest BCUT2D eigenvalue weighted by molar-refractivity contribution is 5.76. The fourth-order valence-corrected chi connectivity index (χ4v) is 3.07. The molecule has 1 aromatic carbocycles. The highest BCUT2D eigenvalue weighted by Gasteiger charge is 2.35. The fourth-order valence-electron chi connectivity index (χ4n) is 3.07. The monoisotopic (exact) mass is 261 g/mol.